The van der Waals surface area contributed by atoms with Gasteiger partial charge in [0, 0.05) is 37.2 Å². The van der Waals surface area contributed by atoms with Crippen molar-refractivity contribution < 1.29 is 9.59 Å². The molecule has 0 aromatic heterocycles. The van der Waals surface area contributed by atoms with Gasteiger partial charge in [-0.25, -0.2) is 0 Å². The van der Waals surface area contributed by atoms with Gasteiger partial charge in [-0.15, -0.1) is 0 Å². The topological polar surface area (TPSA) is 87.5 Å². The number of nitrogens with two attached hydrogens (primary N) is 1. The standard InChI is InChI=1S/C19H30N4O2/c1-23(2)10-9-21-18(24)15-6-3-5-14(11-15)13-22-19(25)16-7-4-8-17(20)12-16/h3,5-6,11,16-17H,4,7-10,12-13,20H2,1-2H3,(H,21,24)(H,22,25). The number of nitrogens with zero attached hydrogens (tertiary/aromatic N) is 1. The van der Waals surface area contributed by atoms with E-state index in [0.717, 1.165) is 37.8 Å². The predicted molar refractivity (Wildman–Crippen MR) is 99.1 cm³/mol. The molecule has 1 aromatic carbocycles. The van der Waals surface area contributed by atoms with Crippen LogP contribution in [-0.2, 0) is 11.3 Å². The Balaban J connectivity index is 1.84. The van der Waals surface area contributed by atoms with Crippen LogP contribution in [0.4, 0.5) is 0 Å². The van der Waals surface area contributed by atoms with Crippen LogP contribution in [0, 0.1) is 5.92 Å². The van der Waals surface area contributed by atoms with E-state index < -0.39 is 0 Å². The molecule has 0 saturated heterocycles. The third-order valence-electron chi connectivity index (χ3n) is 4.59. The summed E-state index contributed by atoms with van der Waals surface area (Å²) in [5, 5.41) is 5.88. The molecule has 2 amide bonds. The van der Waals surface area contributed by atoms with Crippen molar-refractivity contribution in [1.82, 2.24) is 15.5 Å². The Hall–Kier alpha value is -1.92. The van der Waals surface area contributed by atoms with Gasteiger partial charge in [-0.3, -0.25) is 9.59 Å². The molecule has 1 saturated carbocycles. The van der Waals surface area contributed by atoms with Crippen molar-refractivity contribution in [3.63, 3.8) is 0 Å². The van der Waals surface area contributed by atoms with Gasteiger partial charge in [0.15, 0.2) is 0 Å². The largest absolute Gasteiger partial charge is 0.352 e. The number of likely N-dealkylation sites (N-methyl/N-ethyl adjacent to an activating group) is 1. The second kappa shape index (κ2) is 9.53. The van der Waals surface area contributed by atoms with Crippen LogP contribution in [0.3, 0.4) is 0 Å². The fourth-order valence-corrected chi connectivity index (χ4v) is 3.12. The van der Waals surface area contributed by atoms with Crippen LogP contribution in [0.1, 0.15) is 41.6 Å². The highest BCUT2D eigenvalue weighted by Gasteiger charge is 2.24. The minimum atomic E-state index is -0.0896. The van der Waals surface area contributed by atoms with E-state index in [9.17, 15) is 9.59 Å². The van der Waals surface area contributed by atoms with E-state index in [-0.39, 0.29) is 23.8 Å². The summed E-state index contributed by atoms with van der Waals surface area (Å²) in [4.78, 5) is 26.5. The minimum Gasteiger partial charge on any atom is -0.352 e. The SMILES string of the molecule is CN(C)CCNC(=O)c1cccc(CNC(=O)C2CCCC(N)C2)c1. The molecule has 1 aliphatic carbocycles. The number of rotatable bonds is 7. The fourth-order valence-electron chi connectivity index (χ4n) is 3.12. The lowest BCUT2D eigenvalue weighted by atomic mass is 9.85. The van der Waals surface area contributed by atoms with Crippen molar-refractivity contribution in [3.05, 3.63) is 35.4 Å². The zero-order valence-electron chi connectivity index (χ0n) is 15.3. The summed E-state index contributed by atoms with van der Waals surface area (Å²) >= 11 is 0. The Kier molecular flexibility index (Phi) is 7.40. The summed E-state index contributed by atoms with van der Waals surface area (Å²) in [5.74, 6) is -0.00877. The number of nitrogens with one attached hydrogen (secondary N) is 2. The van der Waals surface area contributed by atoms with E-state index in [1.165, 1.54) is 0 Å². The van der Waals surface area contributed by atoms with E-state index in [0.29, 0.717) is 18.7 Å². The summed E-state index contributed by atoms with van der Waals surface area (Å²) < 4.78 is 0. The van der Waals surface area contributed by atoms with E-state index >= 15 is 0 Å². The van der Waals surface area contributed by atoms with Crippen molar-refractivity contribution in [2.45, 2.75) is 38.3 Å². The summed E-state index contributed by atoms with van der Waals surface area (Å²) in [6.07, 6.45) is 3.70. The molecule has 1 aliphatic rings. The normalized spacial score (nSPS) is 20.3. The first-order valence-corrected chi connectivity index (χ1v) is 9.01. The van der Waals surface area contributed by atoms with Gasteiger partial charge in [-0.2, -0.15) is 0 Å². The van der Waals surface area contributed by atoms with Crippen LogP contribution in [0.5, 0.6) is 0 Å². The maximum atomic E-state index is 12.3. The van der Waals surface area contributed by atoms with Crippen molar-refractivity contribution in [3.8, 4) is 0 Å². The highest BCUT2D eigenvalue weighted by atomic mass is 16.2. The van der Waals surface area contributed by atoms with Crippen LogP contribution in [0.15, 0.2) is 24.3 Å². The third kappa shape index (κ3) is 6.48. The lowest BCUT2D eigenvalue weighted by molar-refractivity contribution is -0.126. The lowest BCUT2D eigenvalue weighted by Gasteiger charge is -2.25. The maximum Gasteiger partial charge on any atom is 0.251 e. The number of carbonyl (C=O) groups is 2. The lowest BCUT2D eigenvalue weighted by Crippen LogP contribution is -2.37. The Morgan fingerprint density at radius 1 is 1.24 bits per heavy atom. The first-order chi connectivity index (χ1) is 12.0. The van der Waals surface area contributed by atoms with Gasteiger partial charge in [0.05, 0.1) is 0 Å². The quantitative estimate of drug-likeness (QED) is 0.690. The molecular weight excluding hydrogens is 316 g/mol. The molecule has 0 spiro atoms. The Labute approximate surface area is 150 Å². The van der Waals surface area contributed by atoms with Crippen LogP contribution in [0.2, 0.25) is 0 Å². The molecule has 1 aromatic rings. The summed E-state index contributed by atoms with van der Waals surface area (Å²) in [5.41, 5.74) is 7.50. The molecule has 25 heavy (non-hydrogen) atoms. The molecule has 0 radical (unpaired) electrons. The highest BCUT2D eigenvalue weighted by Crippen LogP contribution is 2.23. The molecule has 4 N–H and O–H groups in total. The molecular formula is C19H30N4O2. The first kappa shape index (κ1) is 19.4. The zero-order valence-corrected chi connectivity index (χ0v) is 15.3. The average molecular weight is 346 g/mol. The van der Waals surface area contributed by atoms with Crippen molar-refractivity contribution in [2.24, 2.45) is 11.7 Å². The molecule has 1 fully saturated rings. The van der Waals surface area contributed by atoms with Gasteiger partial charge in [-0.1, -0.05) is 18.6 Å². The van der Waals surface area contributed by atoms with Crippen molar-refractivity contribution >= 4 is 11.8 Å². The third-order valence-corrected chi connectivity index (χ3v) is 4.59. The van der Waals surface area contributed by atoms with Gasteiger partial charge in [0.25, 0.3) is 5.91 Å². The van der Waals surface area contributed by atoms with Gasteiger partial charge in [0.2, 0.25) is 5.91 Å². The smallest absolute Gasteiger partial charge is 0.251 e. The van der Waals surface area contributed by atoms with E-state index in [1.54, 1.807) is 6.07 Å². The van der Waals surface area contributed by atoms with E-state index in [1.807, 2.05) is 37.2 Å². The number of hydrogen-bond donors (Lipinski definition) is 3. The van der Waals surface area contributed by atoms with Gasteiger partial charge >= 0.3 is 0 Å². The highest BCUT2D eigenvalue weighted by molar-refractivity contribution is 5.94. The van der Waals surface area contributed by atoms with Gasteiger partial charge < -0.3 is 21.3 Å². The molecule has 6 heteroatoms. The summed E-state index contributed by atoms with van der Waals surface area (Å²) in [6, 6.07) is 7.52. The fraction of sp³-hybridized carbons (Fsp3) is 0.579. The first-order valence-electron chi connectivity index (χ1n) is 9.01. The van der Waals surface area contributed by atoms with Gasteiger partial charge in [-0.05, 0) is 51.1 Å². The second-order valence-electron chi connectivity index (χ2n) is 7.10. The molecule has 2 unspecified atom stereocenters. The van der Waals surface area contributed by atoms with Crippen LogP contribution < -0.4 is 16.4 Å². The molecule has 6 nitrogen and oxygen atoms in total. The van der Waals surface area contributed by atoms with Crippen LogP contribution in [0.25, 0.3) is 0 Å². The summed E-state index contributed by atoms with van der Waals surface area (Å²) in [7, 11) is 3.93. The van der Waals surface area contributed by atoms with Crippen LogP contribution >= 0.6 is 0 Å². The van der Waals surface area contributed by atoms with Crippen molar-refractivity contribution in [1.29, 1.82) is 0 Å². The maximum absolute atomic E-state index is 12.3. The monoisotopic (exact) mass is 346 g/mol. The Bertz CT molecular complexity index is 589. The number of hydrogen-bond acceptors (Lipinski definition) is 4. The Morgan fingerprint density at radius 2 is 2.04 bits per heavy atom. The molecule has 2 rings (SSSR count). The Morgan fingerprint density at radius 3 is 2.76 bits per heavy atom. The van der Waals surface area contributed by atoms with Gasteiger partial charge in [0.1, 0.15) is 0 Å². The van der Waals surface area contributed by atoms with Crippen molar-refractivity contribution in [2.75, 3.05) is 27.2 Å². The minimum absolute atomic E-state index is 0.0151. The average Bonchev–Trinajstić information content (AvgIpc) is 2.59. The summed E-state index contributed by atoms with van der Waals surface area (Å²) in [6.45, 7) is 1.84. The molecule has 138 valence electrons. The second-order valence-corrected chi connectivity index (χ2v) is 7.10. The van der Waals surface area contributed by atoms with E-state index in [2.05, 4.69) is 10.6 Å². The number of benzene rings is 1. The zero-order chi connectivity index (χ0) is 18.2. The number of carbonyl (C=O) groups excluding carboxylic acids is 2. The van der Waals surface area contributed by atoms with E-state index in [4.69, 9.17) is 5.73 Å². The predicted octanol–water partition coefficient (Wildman–Crippen LogP) is 1.11. The molecule has 0 bridgehead atoms. The molecule has 2 atom stereocenters. The van der Waals surface area contributed by atoms with Crippen LogP contribution in [-0.4, -0.2) is 49.9 Å². The molecule has 0 heterocycles. The number of amides is 2. The molecule has 0 aliphatic heterocycles.